The van der Waals surface area contributed by atoms with Crippen molar-refractivity contribution in [1.29, 1.82) is 0 Å². The van der Waals surface area contributed by atoms with Gasteiger partial charge in [0.2, 0.25) is 11.8 Å². The molecule has 0 N–H and O–H groups in total. The summed E-state index contributed by atoms with van der Waals surface area (Å²) in [5, 5.41) is 4.32. The van der Waals surface area contributed by atoms with Crippen molar-refractivity contribution in [3.05, 3.63) is 35.6 Å². The van der Waals surface area contributed by atoms with Gasteiger partial charge in [-0.05, 0) is 45.4 Å². The third-order valence-electron chi connectivity index (χ3n) is 5.29. The minimum Gasteiger partial charge on any atom is -0.338 e. The largest absolute Gasteiger partial charge is 0.338 e. The number of hydrogen-bond donors (Lipinski definition) is 0. The highest BCUT2D eigenvalue weighted by molar-refractivity contribution is 5.75. The predicted molar refractivity (Wildman–Crippen MR) is 111 cm³/mol. The number of rotatable bonds is 7. The Kier molecular flexibility index (Phi) is 6.87. The van der Waals surface area contributed by atoms with Crippen molar-refractivity contribution in [1.82, 2.24) is 19.9 Å². The fourth-order valence-electron chi connectivity index (χ4n) is 3.40. The van der Waals surface area contributed by atoms with Crippen LogP contribution in [0.5, 0.6) is 0 Å². The fraction of sp³-hybridized carbons (Fsp3) is 0.524. The molecular weight excluding hydrogens is 373 g/mol. The van der Waals surface area contributed by atoms with E-state index in [4.69, 9.17) is 4.52 Å². The van der Waals surface area contributed by atoms with E-state index in [2.05, 4.69) is 22.0 Å². The van der Waals surface area contributed by atoms with E-state index >= 15 is 0 Å². The number of halogens is 1. The highest BCUT2D eigenvalue weighted by Crippen LogP contribution is 2.33. The standard InChI is InChI=1S/C21H30FN5O2/c1-16(28)27(12-9-24(2)3)15-19-20(17-5-7-18(22)8-6-17)23-29-21(19)26-13-10-25(4)11-14-26/h5-8H,9-15H2,1-4H3. The van der Waals surface area contributed by atoms with Crippen molar-refractivity contribution in [2.75, 3.05) is 65.3 Å². The number of benzene rings is 1. The quantitative estimate of drug-likeness (QED) is 0.706. The summed E-state index contributed by atoms with van der Waals surface area (Å²) in [6.45, 7) is 6.89. The Hall–Kier alpha value is -2.45. The average Bonchev–Trinajstić information content (AvgIpc) is 3.09. The van der Waals surface area contributed by atoms with Crippen molar-refractivity contribution in [2.45, 2.75) is 13.5 Å². The number of carbonyl (C=O) groups is 1. The lowest BCUT2D eigenvalue weighted by atomic mass is 10.1. The van der Waals surface area contributed by atoms with E-state index in [0.29, 0.717) is 24.7 Å². The van der Waals surface area contributed by atoms with Crippen molar-refractivity contribution >= 4 is 11.8 Å². The molecule has 0 radical (unpaired) electrons. The van der Waals surface area contributed by atoms with E-state index in [1.165, 1.54) is 12.1 Å². The van der Waals surface area contributed by atoms with Gasteiger partial charge in [-0.25, -0.2) is 4.39 Å². The first-order valence-corrected chi connectivity index (χ1v) is 9.93. The van der Waals surface area contributed by atoms with Crippen LogP contribution in [0.4, 0.5) is 10.3 Å². The van der Waals surface area contributed by atoms with Crippen LogP contribution in [-0.2, 0) is 11.3 Å². The smallest absolute Gasteiger partial charge is 0.232 e. The Bertz CT molecular complexity index is 813. The molecular formula is C21H30FN5O2. The van der Waals surface area contributed by atoms with Crippen molar-refractivity contribution in [2.24, 2.45) is 0 Å². The van der Waals surface area contributed by atoms with Crippen LogP contribution in [0.15, 0.2) is 28.8 Å². The number of nitrogens with zero attached hydrogens (tertiary/aromatic N) is 5. The molecule has 29 heavy (non-hydrogen) atoms. The van der Waals surface area contributed by atoms with Crippen LogP contribution in [0.25, 0.3) is 11.3 Å². The zero-order chi connectivity index (χ0) is 21.0. The van der Waals surface area contributed by atoms with Gasteiger partial charge < -0.3 is 24.1 Å². The molecule has 0 aliphatic carbocycles. The summed E-state index contributed by atoms with van der Waals surface area (Å²) >= 11 is 0. The molecule has 0 saturated carbocycles. The number of amides is 1. The molecule has 1 aliphatic heterocycles. The number of hydrogen-bond acceptors (Lipinski definition) is 6. The van der Waals surface area contributed by atoms with Gasteiger partial charge in [0.05, 0.1) is 12.1 Å². The Morgan fingerprint density at radius 1 is 1.14 bits per heavy atom. The SMILES string of the molecule is CC(=O)N(CCN(C)C)Cc1c(-c2ccc(F)cc2)noc1N1CCN(C)CC1. The Labute approximate surface area is 171 Å². The van der Waals surface area contributed by atoms with E-state index < -0.39 is 0 Å². The molecule has 0 spiro atoms. The summed E-state index contributed by atoms with van der Waals surface area (Å²) in [5.41, 5.74) is 2.31. The summed E-state index contributed by atoms with van der Waals surface area (Å²) in [6.07, 6.45) is 0. The second kappa shape index (κ2) is 9.37. The number of likely N-dealkylation sites (N-methyl/N-ethyl adjacent to an activating group) is 2. The van der Waals surface area contributed by atoms with Crippen LogP contribution in [0.1, 0.15) is 12.5 Å². The van der Waals surface area contributed by atoms with Gasteiger partial charge in [0.15, 0.2) is 0 Å². The molecule has 1 fully saturated rings. The van der Waals surface area contributed by atoms with Crippen LogP contribution in [0.2, 0.25) is 0 Å². The first-order valence-electron chi connectivity index (χ1n) is 9.93. The number of piperazine rings is 1. The third-order valence-corrected chi connectivity index (χ3v) is 5.29. The Morgan fingerprint density at radius 3 is 2.38 bits per heavy atom. The molecule has 1 aliphatic rings. The van der Waals surface area contributed by atoms with Gasteiger partial charge in [-0.3, -0.25) is 4.79 Å². The summed E-state index contributed by atoms with van der Waals surface area (Å²) in [7, 11) is 6.07. The van der Waals surface area contributed by atoms with E-state index in [1.807, 2.05) is 19.0 Å². The zero-order valence-electron chi connectivity index (χ0n) is 17.7. The van der Waals surface area contributed by atoms with E-state index in [9.17, 15) is 9.18 Å². The monoisotopic (exact) mass is 403 g/mol. The van der Waals surface area contributed by atoms with Crippen molar-refractivity contribution in [3.63, 3.8) is 0 Å². The zero-order valence-corrected chi connectivity index (χ0v) is 17.7. The van der Waals surface area contributed by atoms with Crippen LogP contribution < -0.4 is 4.90 Å². The van der Waals surface area contributed by atoms with Gasteiger partial charge in [0, 0.05) is 51.8 Å². The molecule has 2 heterocycles. The number of carbonyl (C=O) groups excluding carboxylic acids is 1. The van der Waals surface area contributed by atoms with Gasteiger partial charge >= 0.3 is 0 Å². The second-order valence-electron chi connectivity index (χ2n) is 7.86. The molecule has 1 saturated heterocycles. The normalized spacial score (nSPS) is 15.2. The highest BCUT2D eigenvalue weighted by Gasteiger charge is 2.27. The minimum atomic E-state index is -0.297. The van der Waals surface area contributed by atoms with Crippen LogP contribution in [0.3, 0.4) is 0 Å². The number of aromatic nitrogens is 1. The Balaban J connectivity index is 1.94. The van der Waals surface area contributed by atoms with E-state index in [1.54, 1.807) is 24.0 Å². The molecule has 3 rings (SSSR count). The maximum atomic E-state index is 13.4. The molecule has 158 valence electrons. The molecule has 2 aromatic rings. The average molecular weight is 404 g/mol. The molecule has 7 nitrogen and oxygen atoms in total. The van der Waals surface area contributed by atoms with E-state index in [-0.39, 0.29) is 11.7 Å². The topological polar surface area (TPSA) is 56.1 Å². The predicted octanol–water partition coefficient (Wildman–Crippen LogP) is 2.14. The van der Waals surface area contributed by atoms with Crippen molar-refractivity contribution < 1.29 is 13.7 Å². The van der Waals surface area contributed by atoms with Gasteiger partial charge in [-0.15, -0.1) is 0 Å². The highest BCUT2D eigenvalue weighted by atomic mass is 19.1. The summed E-state index contributed by atoms with van der Waals surface area (Å²) in [5.74, 6) is 0.408. The summed E-state index contributed by atoms with van der Waals surface area (Å²) in [4.78, 5) is 20.6. The minimum absolute atomic E-state index is 0.00225. The molecule has 1 aromatic heterocycles. The number of anilines is 1. The van der Waals surface area contributed by atoms with Crippen LogP contribution in [0, 0.1) is 5.82 Å². The summed E-state index contributed by atoms with van der Waals surface area (Å²) < 4.78 is 19.2. The van der Waals surface area contributed by atoms with Crippen molar-refractivity contribution in [3.8, 4) is 11.3 Å². The lowest BCUT2D eigenvalue weighted by molar-refractivity contribution is -0.129. The fourth-order valence-corrected chi connectivity index (χ4v) is 3.40. The maximum absolute atomic E-state index is 13.4. The Morgan fingerprint density at radius 2 is 1.79 bits per heavy atom. The molecule has 1 aromatic carbocycles. The molecule has 0 unspecified atom stereocenters. The lowest BCUT2D eigenvalue weighted by Gasteiger charge is -2.33. The van der Waals surface area contributed by atoms with Gasteiger partial charge in [0.1, 0.15) is 11.5 Å². The van der Waals surface area contributed by atoms with Gasteiger partial charge in [-0.1, -0.05) is 5.16 Å². The third kappa shape index (κ3) is 5.33. The first kappa shape index (κ1) is 21.3. The van der Waals surface area contributed by atoms with E-state index in [0.717, 1.165) is 43.9 Å². The van der Waals surface area contributed by atoms with Crippen LogP contribution in [-0.4, -0.2) is 86.2 Å². The maximum Gasteiger partial charge on any atom is 0.232 e. The lowest BCUT2D eigenvalue weighted by Crippen LogP contribution is -2.45. The molecule has 0 bridgehead atoms. The molecule has 8 heteroatoms. The molecule has 1 amide bonds. The van der Waals surface area contributed by atoms with Crippen LogP contribution >= 0.6 is 0 Å². The second-order valence-corrected chi connectivity index (χ2v) is 7.86. The first-order chi connectivity index (χ1) is 13.8. The van der Waals surface area contributed by atoms with Gasteiger partial charge in [0.25, 0.3) is 0 Å². The molecule has 0 atom stereocenters. The van der Waals surface area contributed by atoms with Gasteiger partial charge in [-0.2, -0.15) is 0 Å². The summed E-state index contributed by atoms with van der Waals surface area (Å²) in [6, 6.07) is 6.22.